The molecular weight excluding hydrogens is 140 g/mol. The van der Waals surface area contributed by atoms with Gasteiger partial charge in [-0.1, -0.05) is 6.92 Å². The maximum atomic E-state index is 11.0. The summed E-state index contributed by atoms with van der Waals surface area (Å²) in [5, 5.41) is 3.28. The smallest absolute Gasteiger partial charge is 0.220 e. The predicted octanol–water partition coefficient (Wildman–Crippen LogP) is 0.564. The van der Waals surface area contributed by atoms with Gasteiger partial charge in [0, 0.05) is 13.5 Å². The van der Waals surface area contributed by atoms with E-state index in [1.807, 2.05) is 4.90 Å². The van der Waals surface area contributed by atoms with E-state index in [2.05, 4.69) is 12.2 Å². The molecule has 1 rings (SSSR count). The van der Waals surface area contributed by atoms with Crippen LogP contribution in [0.15, 0.2) is 0 Å². The minimum Gasteiger partial charge on any atom is -0.327 e. The van der Waals surface area contributed by atoms with Crippen LogP contribution < -0.4 is 5.32 Å². The van der Waals surface area contributed by atoms with Crippen LogP contribution in [0.3, 0.4) is 0 Å². The van der Waals surface area contributed by atoms with Crippen molar-refractivity contribution in [2.75, 3.05) is 13.1 Å². The molecule has 1 amide bonds. The van der Waals surface area contributed by atoms with Crippen molar-refractivity contribution in [2.24, 2.45) is 0 Å². The Hall–Kier alpha value is -0.570. The van der Waals surface area contributed by atoms with E-state index in [1.165, 1.54) is 0 Å². The molecule has 0 aromatic carbocycles. The first-order chi connectivity index (χ1) is 5.25. The van der Waals surface area contributed by atoms with Crippen molar-refractivity contribution in [3.8, 4) is 0 Å². The molecule has 1 heterocycles. The van der Waals surface area contributed by atoms with Crippen LogP contribution in [0.4, 0.5) is 0 Å². The van der Waals surface area contributed by atoms with Crippen LogP contribution in [0.25, 0.3) is 0 Å². The molecule has 0 aromatic rings. The molecule has 1 N–H and O–H groups in total. The molecule has 64 valence electrons. The standard InChI is InChI=1S/C8H16N2O/c1-3-9-8-5-4-6-10(8)7(2)11/h8-9H,3-6H2,1-2H3. The molecule has 0 spiro atoms. The van der Waals surface area contributed by atoms with Crippen molar-refractivity contribution in [1.82, 2.24) is 10.2 Å². The first-order valence-corrected chi connectivity index (χ1v) is 4.26. The van der Waals surface area contributed by atoms with Crippen LogP contribution in [0.1, 0.15) is 26.7 Å². The highest BCUT2D eigenvalue weighted by atomic mass is 16.2. The zero-order valence-electron chi connectivity index (χ0n) is 7.26. The van der Waals surface area contributed by atoms with Gasteiger partial charge in [0.2, 0.25) is 5.91 Å². The average Bonchev–Trinajstić information content (AvgIpc) is 2.36. The topological polar surface area (TPSA) is 32.3 Å². The van der Waals surface area contributed by atoms with Gasteiger partial charge in [0.15, 0.2) is 0 Å². The molecule has 0 radical (unpaired) electrons. The molecule has 1 aliphatic heterocycles. The Balaban J connectivity index is 2.44. The molecule has 1 fully saturated rings. The summed E-state index contributed by atoms with van der Waals surface area (Å²) in [7, 11) is 0. The highest BCUT2D eigenvalue weighted by molar-refractivity contribution is 5.73. The molecule has 1 aliphatic rings. The number of nitrogens with one attached hydrogen (secondary N) is 1. The van der Waals surface area contributed by atoms with Gasteiger partial charge in [0.05, 0.1) is 6.17 Å². The maximum absolute atomic E-state index is 11.0. The van der Waals surface area contributed by atoms with Crippen molar-refractivity contribution >= 4 is 5.91 Å². The summed E-state index contributed by atoms with van der Waals surface area (Å²) in [6, 6.07) is 0. The molecule has 1 saturated heterocycles. The Bertz CT molecular complexity index is 147. The second-order valence-electron chi connectivity index (χ2n) is 2.93. The third kappa shape index (κ3) is 1.93. The van der Waals surface area contributed by atoms with Crippen LogP contribution in [0.5, 0.6) is 0 Å². The number of likely N-dealkylation sites (tertiary alicyclic amines) is 1. The lowest BCUT2D eigenvalue weighted by Gasteiger charge is -2.23. The van der Waals surface area contributed by atoms with Crippen molar-refractivity contribution in [1.29, 1.82) is 0 Å². The van der Waals surface area contributed by atoms with Crippen LogP contribution in [-0.4, -0.2) is 30.1 Å². The van der Waals surface area contributed by atoms with Gasteiger partial charge in [-0.25, -0.2) is 0 Å². The van der Waals surface area contributed by atoms with Gasteiger partial charge in [-0.05, 0) is 19.4 Å². The minimum absolute atomic E-state index is 0.188. The lowest BCUT2D eigenvalue weighted by atomic mass is 10.3. The summed E-state index contributed by atoms with van der Waals surface area (Å²) in [6.07, 6.45) is 2.54. The summed E-state index contributed by atoms with van der Waals surface area (Å²) < 4.78 is 0. The Labute approximate surface area is 67.8 Å². The summed E-state index contributed by atoms with van der Waals surface area (Å²) in [6.45, 7) is 5.56. The molecule has 1 unspecified atom stereocenters. The van der Waals surface area contributed by atoms with E-state index in [1.54, 1.807) is 6.92 Å². The van der Waals surface area contributed by atoms with Crippen LogP contribution in [-0.2, 0) is 4.79 Å². The highest BCUT2D eigenvalue weighted by Crippen LogP contribution is 2.14. The van der Waals surface area contributed by atoms with Gasteiger partial charge in [-0.3, -0.25) is 10.1 Å². The molecule has 0 aromatic heterocycles. The molecule has 0 bridgehead atoms. The number of amides is 1. The van der Waals surface area contributed by atoms with Gasteiger partial charge < -0.3 is 4.90 Å². The summed E-state index contributed by atoms with van der Waals surface area (Å²) in [5.41, 5.74) is 0. The third-order valence-corrected chi connectivity index (χ3v) is 2.10. The van der Waals surface area contributed by atoms with E-state index in [-0.39, 0.29) is 5.91 Å². The molecule has 1 atom stereocenters. The van der Waals surface area contributed by atoms with Crippen molar-refractivity contribution in [2.45, 2.75) is 32.9 Å². The Kier molecular flexibility index (Phi) is 2.88. The van der Waals surface area contributed by atoms with Crippen molar-refractivity contribution < 1.29 is 4.79 Å². The molecule has 11 heavy (non-hydrogen) atoms. The van der Waals surface area contributed by atoms with E-state index in [0.717, 1.165) is 25.9 Å². The largest absolute Gasteiger partial charge is 0.327 e. The van der Waals surface area contributed by atoms with Crippen LogP contribution >= 0.6 is 0 Å². The number of hydrogen-bond acceptors (Lipinski definition) is 2. The molecule has 3 nitrogen and oxygen atoms in total. The van der Waals surface area contributed by atoms with Gasteiger partial charge in [-0.15, -0.1) is 0 Å². The van der Waals surface area contributed by atoms with E-state index in [0.29, 0.717) is 6.17 Å². The normalized spacial score (nSPS) is 24.2. The Morgan fingerprint density at radius 1 is 1.73 bits per heavy atom. The zero-order chi connectivity index (χ0) is 8.27. The van der Waals surface area contributed by atoms with Crippen LogP contribution in [0.2, 0.25) is 0 Å². The number of carbonyl (C=O) groups is 1. The Morgan fingerprint density at radius 3 is 3.00 bits per heavy atom. The monoisotopic (exact) mass is 156 g/mol. The van der Waals surface area contributed by atoms with Crippen molar-refractivity contribution in [3.05, 3.63) is 0 Å². The quantitative estimate of drug-likeness (QED) is 0.633. The van der Waals surface area contributed by atoms with E-state index in [9.17, 15) is 4.79 Å². The summed E-state index contributed by atoms with van der Waals surface area (Å²) in [4.78, 5) is 12.9. The Morgan fingerprint density at radius 2 is 2.45 bits per heavy atom. The molecule has 3 heteroatoms. The predicted molar refractivity (Wildman–Crippen MR) is 44.1 cm³/mol. The lowest BCUT2D eigenvalue weighted by Crippen LogP contribution is -2.43. The maximum Gasteiger partial charge on any atom is 0.220 e. The second-order valence-corrected chi connectivity index (χ2v) is 2.93. The van der Waals surface area contributed by atoms with Crippen LogP contribution in [0, 0.1) is 0 Å². The van der Waals surface area contributed by atoms with Gasteiger partial charge in [-0.2, -0.15) is 0 Å². The first-order valence-electron chi connectivity index (χ1n) is 4.26. The lowest BCUT2D eigenvalue weighted by molar-refractivity contribution is -0.130. The van der Waals surface area contributed by atoms with E-state index >= 15 is 0 Å². The number of carbonyl (C=O) groups excluding carboxylic acids is 1. The number of hydrogen-bond donors (Lipinski definition) is 1. The average molecular weight is 156 g/mol. The van der Waals surface area contributed by atoms with Gasteiger partial charge >= 0.3 is 0 Å². The minimum atomic E-state index is 0.188. The molecule has 0 saturated carbocycles. The molecular formula is C8H16N2O. The van der Waals surface area contributed by atoms with E-state index < -0.39 is 0 Å². The highest BCUT2D eigenvalue weighted by Gasteiger charge is 2.24. The summed E-state index contributed by atoms with van der Waals surface area (Å²) >= 11 is 0. The second kappa shape index (κ2) is 3.72. The fourth-order valence-corrected chi connectivity index (χ4v) is 1.59. The van der Waals surface area contributed by atoms with Gasteiger partial charge in [0.25, 0.3) is 0 Å². The zero-order valence-corrected chi connectivity index (χ0v) is 7.26. The molecule has 0 aliphatic carbocycles. The fourth-order valence-electron chi connectivity index (χ4n) is 1.59. The number of nitrogens with zero attached hydrogens (tertiary/aromatic N) is 1. The fraction of sp³-hybridized carbons (Fsp3) is 0.875. The van der Waals surface area contributed by atoms with E-state index in [4.69, 9.17) is 0 Å². The first kappa shape index (κ1) is 8.53. The summed E-state index contributed by atoms with van der Waals surface area (Å²) in [5.74, 6) is 0.188. The number of rotatable bonds is 2. The van der Waals surface area contributed by atoms with Gasteiger partial charge in [0.1, 0.15) is 0 Å². The van der Waals surface area contributed by atoms with Crippen molar-refractivity contribution in [3.63, 3.8) is 0 Å². The third-order valence-electron chi connectivity index (χ3n) is 2.10. The SMILES string of the molecule is CCNC1CCCN1C(C)=O.